The van der Waals surface area contributed by atoms with E-state index in [4.69, 9.17) is 0 Å². The summed E-state index contributed by atoms with van der Waals surface area (Å²) in [6, 6.07) is 9.25. The molecule has 79 valence electrons. The second-order valence-corrected chi connectivity index (χ2v) is 2.78. The molecule has 1 aromatic heterocycles. The molecule has 0 fully saturated rings. The van der Waals surface area contributed by atoms with E-state index in [9.17, 15) is 8.78 Å². The van der Waals surface area contributed by atoms with Crippen molar-refractivity contribution in [2.24, 2.45) is 0 Å². The van der Waals surface area contributed by atoms with Gasteiger partial charge in [0.2, 0.25) is 0 Å². The van der Waals surface area contributed by atoms with E-state index >= 15 is 0 Å². The molecule has 0 N–H and O–H groups in total. The molecule has 0 amide bonds. The molecule has 15 heavy (non-hydrogen) atoms. The molecular formula is C11H6F2IrN-. The van der Waals surface area contributed by atoms with Crippen LogP contribution in [0.3, 0.4) is 0 Å². The first kappa shape index (κ1) is 12.0. The fraction of sp³-hybridized carbons (Fsp3) is 0. The predicted molar refractivity (Wildman–Crippen MR) is 48.4 cm³/mol. The summed E-state index contributed by atoms with van der Waals surface area (Å²) in [6.45, 7) is 0. The topological polar surface area (TPSA) is 12.9 Å². The van der Waals surface area contributed by atoms with Gasteiger partial charge in [0.05, 0.1) is 0 Å². The Morgan fingerprint density at radius 1 is 1.07 bits per heavy atom. The van der Waals surface area contributed by atoms with Crippen LogP contribution < -0.4 is 0 Å². The van der Waals surface area contributed by atoms with Crippen molar-refractivity contribution in [2.45, 2.75) is 0 Å². The minimum absolute atomic E-state index is 0. The molecule has 0 aliphatic rings. The van der Waals surface area contributed by atoms with Crippen LogP contribution in [0.5, 0.6) is 0 Å². The van der Waals surface area contributed by atoms with Gasteiger partial charge in [-0.25, -0.2) is 8.78 Å². The number of halogens is 2. The smallest absolute Gasteiger partial charge is 0.117 e. The number of hydrogen-bond acceptors (Lipinski definition) is 1. The van der Waals surface area contributed by atoms with E-state index in [-0.39, 0.29) is 25.9 Å². The molecule has 0 saturated heterocycles. The molecule has 0 aliphatic carbocycles. The first-order valence-electron chi connectivity index (χ1n) is 4.05. The zero-order chi connectivity index (χ0) is 9.97. The normalized spacial score (nSPS) is 9.47. The molecule has 0 atom stereocenters. The fourth-order valence-corrected chi connectivity index (χ4v) is 1.14. The van der Waals surface area contributed by atoms with E-state index in [1.54, 1.807) is 0 Å². The van der Waals surface area contributed by atoms with Crippen LogP contribution in [0.2, 0.25) is 0 Å². The standard InChI is InChI=1S/C11H6F2N.Ir/c12-9-3-1-2-8(6-9)11-7-10(13)4-5-14-11;/h1,3-7H;/q-1;. The second kappa shape index (κ2) is 5.10. The molecular weight excluding hydrogens is 376 g/mol. The Kier molecular flexibility index (Phi) is 4.06. The van der Waals surface area contributed by atoms with Crippen molar-refractivity contribution in [1.82, 2.24) is 4.98 Å². The van der Waals surface area contributed by atoms with Crippen molar-refractivity contribution >= 4 is 0 Å². The Morgan fingerprint density at radius 2 is 1.80 bits per heavy atom. The number of aromatic nitrogens is 1. The van der Waals surface area contributed by atoms with Crippen molar-refractivity contribution in [3.05, 3.63) is 54.2 Å². The summed E-state index contributed by atoms with van der Waals surface area (Å²) in [5, 5.41) is 0. The van der Waals surface area contributed by atoms with Gasteiger partial charge in [-0.05, 0) is 17.8 Å². The van der Waals surface area contributed by atoms with Gasteiger partial charge in [0.25, 0.3) is 0 Å². The third-order valence-electron chi connectivity index (χ3n) is 1.76. The second-order valence-electron chi connectivity index (χ2n) is 2.78. The Hall–Kier alpha value is -1.12. The monoisotopic (exact) mass is 383 g/mol. The summed E-state index contributed by atoms with van der Waals surface area (Å²) in [5.74, 6) is -0.780. The van der Waals surface area contributed by atoms with Crippen LogP contribution >= 0.6 is 0 Å². The number of benzene rings is 1. The van der Waals surface area contributed by atoms with Gasteiger partial charge in [-0.2, -0.15) is 0 Å². The van der Waals surface area contributed by atoms with E-state index in [0.717, 1.165) is 0 Å². The average molecular weight is 382 g/mol. The number of pyridine rings is 1. The van der Waals surface area contributed by atoms with Crippen LogP contribution in [0.1, 0.15) is 0 Å². The van der Waals surface area contributed by atoms with Crippen LogP contribution in [0.4, 0.5) is 8.78 Å². The van der Waals surface area contributed by atoms with E-state index in [1.165, 1.54) is 36.5 Å². The first-order valence-corrected chi connectivity index (χ1v) is 4.05. The minimum atomic E-state index is -0.396. The largest absolute Gasteiger partial charge is 0.305 e. The summed E-state index contributed by atoms with van der Waals surface area (Å²) in [7, 11) is 0. The number of hydrogen-bond donors (Lipinski definition) is 0. The average Bonchev–Trinajstić information content (AvgIpc) is 2.18. The van der Waals surface area contributed by atoms with E-state index in [1.807, 2.05) is 0 Å². The van der Waals surface area contributed by atoms with Gasteiger partial charge < -0.3 is 4.98 Å². The van der Waals surface area contributed by atoms with Gasteiger partial charge in [-0.1, -0.05) is 0 Å². The Morgan fingerprint density at radius 3 is 2.47 bits per heavy atom. The first-order chi connectivity index (χ1) is 6.75. The summed E-state index contributed by atoms with van der Waals surface area (Å²) < 4.78 is 25.6. The number of nitrogens with zero attached hydrogens (tertiary/aromatic N) is 1. The molecule has 0 unspecified atom stereocenters. The maximum atomic E-state index is 12.8. The summed E-state index contributed by atoms with van der Waals surface area (Å²) in [5.41, 5.74) is 0.828. The van der Waals surface area contributed by atoms with Gasteiger partial charge in [-0.3, -0.25) is 0 Å². The molecule has 0 spiro atoms. The fourth-order valence-electron chi connectivity index (χ4n) is 1.14. The van der Waals surface area contributed by atoms with Crippen molar-refractivity contribution in [1.29, 1.82) is 0 Å². The molecule has 1 radical (unpaired) electrons. The van der Waals surface area contributed by atoms with Crippen molar-refractivity contribution in [3.8, 4) is 11.3 Å². The molecule has 1 heterocycles. The quantitative estimate of drug-likeness (QED) is 0.692. The third kappa shape index (κ3) is 2.91. The van der Waals surface area contributed by atoms with Crippen molar-refractivity contribution < 1.29 is 28.9 Å². The summed E-state index contributed by atoms with van der Waals surface area (Å²) >= 11 is 0. The number of rotatable bonds is 1. The van der Waals surface area contributed by atoms with Crippen molar-refractivity contribution in [2.75, 3.05) is 0 Å². The van der Waals surface area contributed by atoms with Crippen LogP contribution in [-0.2, 0) is 20.1 Å². The van der Waals surface area contributed by atoms with Crippen LogP contribution in [0.25, 0.3) is 11.3 Å². The third-order valence-corrected chi connectivity index (χ3v) is 1.76. The Balaban J connectivity index is 0.00000112. The van der Waals surface area contributed by atoms with Gasteiger partial charge in [0.1, 0.15) is 5.82 Å². The van der Waals surface area contributed by atoms with Gasteiger partial charge >= 0.3 is 0 Å². The molecule has 2 aromatic rings. The van der Waals surface area contributed by atoms with E-state index in [2.05, 4.69) is 11.1 Å². The van der Waals surface area contributed by atoms with Gasteiger partial charge in [0.15, 0.2) is 0 Å². The zero-order valence-corrected chi connectivity index (χ0v) is 9.90. The summed E-state index contributed by atoms with van der Waals surface area (Å²) in [6.07, 6.45) is 1.34. The van der Waals surface area contributed by atoms with E-state index < -0.39 is 5.82 Å². The molecule has 2 rings (SSSR count). The predicted octanol–water partition coefficient (Wildman–Crippen LogP) is 2.82. The molecule has 0 bridgehead atoms. The molecule has 1 aromatic carbocycles. The van der Waals surface area contributed by atoms with Crippen LogP contribution in [0, 0.1) is 17.7 Å². The summed E-state index contributed by atoms with van der Waals surface area (Å²) in [4.78, 5) is 3.91. The maximum Gasteiger partial charge on any atom is 0.117 e. The molecule has 0 saturated carbocycles. The molecule has 0 aliphatic heterocycles. The maximum absolute atomic E-state index is 12.8. The van der Waals surface area contributed by atoms with Crippen LogP contribution in [-0.4, -0.2) is 4.98 Å². The van der Waals surface area contributed by atoms with Crippen molar-refractivity contribution in [3.63, 3.8) is 0 Å². The zero-order valence-electron chi connectivity index (χ0n) is 7.50. The Labute approximate surface area is 99.5 Å². The van der Waals surface area contributed by atoms with Gasteiger partial charge in [0, 0.05) is 32.1 Å². The van der Waals surface area contributed by atoms with Gasteiger partial charge in [-0.15, -0.1) is 29.8 Å². The minimum Gasteiger partial charge on any atom is -0.305 e. The molecule has 1 nitrogen and oxygen atoms in total. The van der Waals surface area contributed by atoms with Crippen LogP contribution in [0.15, 0.2) is 36.5 Å². The Bertz CT molecular complexity index is 416. The van der Waals surface area contributed by atoms with E-state index in [0.29, 0.717) is 11.3 Å². The molecule has 4 heteroatoms. The SMILES string of the molecule is Fc1cc[c-]c(-c2cc(F)ccn2)c1.[Ir].